The minimum atomic E-state index is -5.08. The van der Waals surface area contributed by atoms with Crippen molar-refractivity contribution in [1.29, 1.82) is 0 Å². The van der Waals surface area contributed by atoms with Crippen LogP contribution in [-0.4, -0.2) is 80.5 Å². The summed E-state index contributed by atoms with van der Waals surface area (Å²) in [5, 5.41) is 14.2. The number of rotatable bonds is 3. The van der Waals surface area contributed by atoms with E-state index in [0.29, 0.717) is 0 Å². The van der Waals surface area contributed by atoms with Gasteiger partial charge in [0, 0.05) is 57.2 Å². The van der Waals surface area contributed by atoms with E-state index in [9.17, 15) is 26.3 Å². The molecule has 4 heterocycles. The molecule has 0 radical (unpaired) electrons. The monoisotopic (exact) mass is 551 g/mol. The molecule has 2 aromatic rings. The van der Waals surface area contributed by atoms with Crippen LogP contribution in [0.2, 0.25) is 0 Å². The lowest BCUT2D eigenvalue weighted by atomic mass is 10.1. The van der Waals surface area contributed by atoms with Crippen LogP contribution in [0.4, 0.5) is 32.3 Å². The number of halogens is 6. The van der Waals surface area contributed by atoms with Crippen molar-refractivity contribution in [3.63, 3.8) is 0 Å². The summed E-state index contributed by atoms with van der Waals surface area (Å²) < 4.78 is 63.5. The number of carboxylic acid groups (broad SMARTS) is 2. The molecule has 1 saturated heterocycles. The van der Waals surface area contributed by atoms with Crippen molar-refractivity contribution in [2.75, 3.05) is 31.1 Å². The number of fused-ring (bicyclic) bond motifs is 1. The van der Waals surface area contributed by atoms with Gasteiger partial charge in [0.1, 0.15) is 0 Å². The molecule has 0 atom stereocenters. The van der Waals surface area contributed by atoms with E-state index in [1.165, 1.54) is 35.4 Å². The summed E-state index contributed by atoms with van der Waals surface area (Å²) in [7, 11) is 0. The van der Waals surface area contributed by atoms with Gasteiger partial charge in [-0.3, -0.25) is 9.88 Å². The number of hydrogen-bond acceptors (Lipinski definition) is 7. The number of nitrogens with zero attached hydrogens (tertiary/aromatic N) is 5. The first-order valence-corrected chi connectivity index (χ1v) is 11.5. The van der Waals surface area contributed by atoms with Gasteiger partial charge >= 0.3 is 24.3 Å². The molecule has 210 valence electrons. The minimum Gasteiger partial charge on any atom is -0.475 e. The summed E-state index contributed by atoms with van der Waals surface area (Å²) in [4.78, 5) is 36.5. The highest BCUT2D eigenvalue weighted by atomic mass is 19.4. The van der Waals surface area contributed by atoms with Gasteiger partial charge in [0.2, 0.25) is 5.95 Å². The van der Waals surface area contributed by atoms with Crippen molar-refractivity contribution >= 4 is 17.9 Å². The normalized spacial score (nSPS) is 15.8. The van der Waals surface area contributed by atoms with Crippen LogP contribution in [0, 0.1) is 6.92 Å². The van der Waals surface area contributed by atoms with Gasteiger partial charge < -0.3 is 15.1 Å². The number of aromatic nitrogens is 3. The van der Waals surface area contributed by atoms with Crippen LogP contribution in [0.3, 0.4) is 0 Å². The highest BCUT2D eigenvalue weighted by Gasteiger charge is 2.38. The Labute approximate surface area is 214 Å². The van der Waals surface area contributed by atoms with Gasteiger partial charge in [0.05, 0.1) is 5.69 Å². The molecule has 1 fully saturated rings. The van der Waals surface area contributed by atoms with Gasteiger partial charge in [0.15, 0.2) is 0 Å². The fourth-order valence-corrected chi connectivity index (χ4v) is 3.78. The molecule has 0 aliphatic carbocycles. The summed E-state index contributed by atoms with van der Waals surface area (Å²) in [6.45, 7) is 7.48. The second-order valence-electron chi connectivity index (χ2n) is 8.47. The first-order valence-electron chi connectivity index (χ1n) is 11.5. The van der Waals surface area contributed by atoms with Gasteiger partial charge in [-0.1, -0.05) is 0 Å². The molecule has 15 heteroatoms. The Morgan fingerprint density at radius 1 is 0.868 bits per heavy atom. The number of alkyl halides is 6. The molecule has 2 aliphatic rings. The molecule has 2 aliphatic heterocycles. The first kappa shape index (κ1) is 30.7. The van der Waals surface area contributed by atoms with E-state index in [4.69, 9.17) is 29.8 Å². The molecule has 0 saturated carbocycles. The maximum Gasteiger partial charge on any atom is 0.490 e. The van der Waals surface area contributed by atoms with E-state index >= 15 is 0 Å². The van der Waals surface area contributed by atoms with Gasteiger partial charge in [-0.15, -0.1) is 0 Å². The maximum atomic E-state index is 10.6. The Bertz CT molecular complexity index is 1050. The Morgan fingerprint density at radius 2 is 1.37 bits per heavy atom. The van der Waals surface area contributed by atoms with Crippen LogP contribution >= 0.6 is 0 Å². The largest absolute Gasteiger partial charge is 0.490 e. The molecular weight excluding hydrogens is 524 g/mol. The second-order valence-corrected chi connectivity index (χ2v) is 8.47. The lowest BCUT2D eigenvalue weighted by Gasteiger charge is -2.19. The van der Waals surface area contributed by atoms with Crippen LogP contribution in [0.5, 0.6) is 0 Å². The van der Waals surface area contributed by atoms with Crippen LogP contribution in [-0.2, 0) is 29.0 Å². The zero-order valence-electron chi connectivity index (χ0n) is 20.4. The van der Waals surface area contributed by atoms with Crippen LogP contribution in [0.1, 0.15) is 35.4 Å². The van der Waals surface area contributed by atoms with Crippen molar-refractivity contribution in [1.82, 2.24) is 19.9 Å². The number of carbonyl (C=O) groups is 2. The summed E-state index contributed by atoms with van der Waals surface area (Å²) in [6.07, 6.45) is -1.82. The summed E-state index contributed by atoms with van der Waals surface area (Å²) >= 11 is 0. The SMILES string of the molecule is Cc1nc(N2CCCC2)nc2c1CCN(Cc1ccncc1)CC2.O=C(O)C(F)(F)F.O=C(O)C(F)(F)F. The molecule has 38 heavy (non-hydrogen) atoms. The predicted octanol–water partition coefficient (Wildman–Crippen LogP) is 3.65. The predicted molar refractivity (Wildman–Crippen MR) is 123 cm³/mol. The van der Waals surface area contributed by atoms with E-state index in [1.54, 1.807) is 0 Å². The lowest BCUT2D eigenvalue weighted by Crippen LogP contribution is -2.26. The average Bonchev–Trinajstić information content (AvgIpc) is 3.29. The van der Waals surface area contributed by atoms with E-state index in [1.807, 2.05) is 12.4 Å². The zero-order chi connectivity index (χ0) is 28.5. The minimum absolute atomic E-state index is 0.950. The van der Waals surface area contributed by atoms with Crippen molar-refractivity contribution in [3.05, 3.63) is 47.0 Å². The number of aliphatic carboxylic acids is 2. The molecular formula is C23H27F6N5O4. The number of carboxylic acids is 2. The Morgan fingerprint density at radius 3 is 1.87 bits per heavy atom. The van der Waals surface area contributed by atoms with E-state index in [0.717, 1.165) is 51.5 Å². The molecule has 0 spiro atoms. The van der Waals surface area contributed by atoms with Gasteiger partial charge in [-0.05, 0) is 49.4 Å². The van der Waals surface area contributed by atoms with Gasteiger partial charge in [0.25, 0.3) is 0 Å². The topological polar surface area (TPSA) is 120 Å². The molecule has 2 N–H and O–H groups in total. The number of hydrogen-bond donors (Lipinski definition) is 2. The molecule has 4 rings (SSSR count). The molecule has 2 aromatic heterocycles. The summed E-state index contributed by atoms with van der Waals surface area (Å²) in [5.74, 6) is -4.56. The Hall–Kier alpha value is -3.49. The van der Waals surface area contributed by atoms with Crippen LogP contribution < -0.4 is 4.90 Å². The summed E-state index contributed by atoms with van der Waals surface area (Å²) in [5.41, 5.74) is 5.14. The highest BCUT2D eigenvalue weighted by molar-refractivity contribution is 5.73. The highest BCUT2D eigenvalue weighted by Crippen LogP contribution is 2.23. The molecule has 0 aromatic carbocycles. The van der Waals surface area contributed by atoms with E-state index in [-0.39, 0.29) is 0 Å². The van der Waals surface area contributed by atoms with Crippen molar-refractivity contribution in [2.45, 2.75) is 51.5 Å². The fraction of sp³-hybridized carbons (Fsp3) is 0.522. The number of anilines is 1. The second kappa shape index (κ2) is 13.3. The Kier molecular flexibility index (Phi) is 10.8. The van der Waals surface area contributed by atoms with Gasteiger partial charge in [-0.2, -0.15) is 26.3 Å². The standard InChI is InChI=1S/C19H25N5.2C2HF3O2/c1-15-17-6-12-23(14-16-4-8-20-9-5-16)13-7-18(17)22-19(21-15)24-10-2-3-11-24;2*3-2(4,5)1(6)7/h4-5,8-9H,2-3,6-7,10-14H2,1H3;2*(H,6,7). The zero-order valence-corrected chi connectivity index (χ0v) is 20.4. The Balaban J connectivity index is 0.000000301. The van der Waals surface area contributed by atoms with E-state index in [2.05, 4.69) is 33.8 Å². The van der Waals surface area contributed by atoms with Crippen molar-refractivity contribution in [2.24, 2.45) is 0 Å². The van der Waals surface area contributed by atoms with Crippen molar-refractivity contribution in [3.8, 4) is 0 Å². The fourth-order valence-electron chi connectivity index (χ4n) is 3.78. The van der Waals surface area contributed by atoms with E-state index < -0.39 is 24.3 Å². The number of aryl methyl sites for hydroxylation is 1. The molecule has 9 nitrogen and oxygen atoms in total. The molecule has 0 amide bonds. The quantitative estimate of drug-likeness (QED) is 0.551. The van der Waals surface area contributed by atoms with Gasteiger partial charge in [-0.25, -0.2) is 19.6 Å². The summed E-state index contributed by atoms with van der Waals surface area (Å²) in [6, 6.07) is 4.21. The third-order valence-corrected chi connectivity index (χ3v) is 5.66. The molecule has 0 bridgehead atoms. The lowest BCUT2D eigenvalue weighted by molar-refractivity contribution is -0.193. The third kappa shape index (κ3) is 9.76. The van der Waals surface area contributed by atoms with Crippen LogP contribution in [0.15, 0.2) is 24.5 Å². The molecule has 0 unspecified atom stereocenters. The smallest absolute Gasteiger partial charge is 0.475 e. The average molecular weight is 551 g/mol. The van der Waals surface area contributed by atoms with Crippen LogP contribution in [0.25, 0.3) is 0 Å². The first-order chi connectivity index (χ1) is 17.7. The number of pyridine rings is 1. The maximum absolute atomic E-state index is 10.6. The van der Waals surface area contributed by atoms with Crippen molar-refractivity contribution < 1.29 is 46.1 Å². The third-order valence-electron chi connectivity index (χ3n) is 5.66.